The maximum absolute atomic E-state index is 12.5. The van der Waals surface area contributed by atoms with Gasteiger partial charge in [-0.15, -0.1) is 0 Å². The minimum Gasteiger partial charge on any atom is -0.468 e. The average Bonchev–Trinajstić information content (AvgIpc) is 2.25. The Morgan fingerprint density at radius 3 is 2.56 bits per heavy atom. The normalized spacial score (nSPS) is 11.0. The van der Waals surface area contributed by atoms with Gasteiger partial charge in [0.1, 0.15) is 6.54 Å². The van der Waals surface area contributed by atoms with Gasteiger partial charge in [-0.3, -0.25) is 4.79 Å². The average molecular weight is 233 g/mol. The largest absolute Gasteiger partial charge is 0.468 e. The lowest BCUT2D eigenvalue weighted by atomic mass is 10.1. The molecule has 1 rings (SSSR count). The van der Waals surface area contributed by atoms with Gasteiger partial charge in [0.2, 0.25) is 0 Å². The zero-order chi connectivity index (χ0) is 12.2. The fourth-order valence-corrected chi connectivity index (χ4v) is 1.12. The summed E-state index contributed by atoms with van der Waals surface area (Å²) < 4.78 is 41.8. The van der Waals surface area contributed by atoms with Crippen molar-refractivity contribution in [3.63, 3.8) is 0 Å². The number of carbonyl (C=O) groups is 1. The number of benzene rings is 1. The number of alkyl halides is 3. The van der Waals surface area contributed by atoms with Crippen LogP contribution in [0, 0.1) is 0 Å². The number of esters is 1. The van der Waals surface area contributed by atoms with Gasteiger partial charge < -0.3 is 10.1 Å². The van der Waals surface area contributed by atoms with Gasteiger partial charge in [-0.2, -0.15) is 13.2 Å². The van der Waals surface area contributed by atoms with Crippen LogP contribution in [-0.4, -0.2) is 19.6 Å². The van der Waals surface area contributed by atoms with E-state index in [0.717, 1.165) is 6.07 Å². The molecule has 0 atom stereocenters. The van der Waals surface area contributed by atoms with E-state index in [1.165, 1.54) is 25.3 Å². The highest BCUT2D eigenvalue weighted by Gasteiger charge is 2.33. The van der Waals surface area contributed by atoms with E-state index >= 15 is 0 Å². The predicted molar refractivity (Wildman–Crippen MR) is 51.9 cm³/mol. The highest BCUT2D eigenvalue weighted by atomic mass is 19.4. The number of methoxy groups -OCH3 is 1. The Morgan fingerprint density at radius 1 is 1.38 bits per heavy atom. The lowest BCUT2D eigenvalue weighted by molar-refractivity contribution is -0.139. The summed E-state index contributed by atoms with van der Waals surface area (Å²) in [5, 5.41) is 2.38. The number of hydrogen-bond acceptors (Lipinski definition) is 3. The van der Waals surface area contributed by atoms with Gasteiger partial charge >= 0.3 is 12.1 Å². The van der Waals surface area contributed by atoms with Crippen LogP contribution in [-0.2, 0) is 15.7 Å². The molecule has 0 saturated heterocycles. The zero-order valence-corrected chi connectivity index (χ0v) is 8.47. The third-order valence-corrected chi connectivity index (χ3v) is 1.88. The number of hydrogen-bond donors (Lipinski definition) is 1. The summed E-state index contributed by atoms with van der Waals surface area (Å²) in [5.41, 5.74) is -0.945. The molecule has 16 heavy (non-hydrogen) atoms. The molecular weight excluding hydrogens is 223 g/mol. The van der Waals surface area contributed by atoms with Crippen molar-refractivity contribution in [2.24, 2.45) is 0 Å². The first-order valence-electron chi connectivity index (χ1n) is 4.42. The van der Waals surface area contributed by atoms with Crippen molar-refractivity contribution in [3.05, 3.63) is 29.8 Å². The zero-order valence-electron chi connectivity index (χ0n) is 8.47. The Morgan fingerprint density at radius 2 is 2.00 bits per heavy atom. The van der Waals surface area contributed by atoms with Gasteiger partial charge in [-0.05, 0) is 12.1 Å². The van der Waals surface area contributed by atoms with E-state index in [0.29, 0.717) is 0 Å². The van der Waals surface area contributed by atoms with Gasteiger partial charge in [0.25, 0.3) is 0 Å². The standard InChI is InChI=1S/C10H10F3NO2/c1-16-9(15)6-14-8-5-3-2-4-7(8)10(11,12)13/h2-5,14H,6H2,1H3. The molecule has 88 valence electrons. The molecule has 0 aromatic heterocycles. The second-order valence-electron chi connectivity index (χ2n) is 2.97. The van der Waals surface area contributed by atoms with E-state index in [1.54, 1.807) is 0 Å². The molecule has 0 saturated carbocycles. The van der Waals surface area contributed by atoms with E-state index in [2.05, 4.69) is 10.1 Å². The molecule has 0 aliphatic heterocycles. The van der Waals surface area contributed by atoms with Crippen molar-refractivity contribution in [1.82, 2.24) is 0 Å². The van der Waals surface area contributed by atoms with Crippen LogP contribution in [0.15, 0.2) is 24.3 Å². The fraction of sp³-hybridized carbons (Fsp3) is 0.300. The molecule has 0 fully saturated rings. The molecular formula is C10H10F3NO2. The number of halogens is 3. The Labute approximate surface area is 90.2 Å². The molecule has 0 unspecified atom stereocenters. The lowest BCUT2D eigenvalue weighted by Crippen LogP contribution is -2.17. The molecule has 6 heteroatoms. The quantitative estimate of drug-likeness (QED) is 0.814. The van der Waals surface area contributed by atoms with E-state index < -0.39 is 17.7 Å². The van der Waals surface area contributed by atoms with Crippen LogP contribution < -0.4 is 5.32 Å². The molecule has 0 bridgehead atoms. The van der Waals surface area contributed by atoms with Crippen LogP contribution in [0.5, 0.6) is 0 Å². The van der Waals surface area contributed by atoms with Crippen molar-refractivity contribution in [3.8, 4) is 0 Å². The van der Waals surface area contributed by atoms with Gasteiger partial charge in [-0.25, -0.2) is 0 Å². The monoisotopic (exact) mass is 233 g/mol. The summed E-state index contributed by atoms with van der Waals surface area (Å²) in [4.78, 5) is 10.8. The van der Waals surface area contributed by atoms with Crippen LogP contribution in [0.25, 0.3) is 0 Å². The Bertz CT molecular complexity index is 377. The molecule has 3 nitrogen and oxygen atoms in total. The molecule has 0 amide bonds. The maximum Gasteiger partial charge on any atom is 0.418 e. The van der Waals surface area contributed by atoms with Crippen LogP contribution in [0.2, 0.25) is 0 Å². The summed E-state index contributed by atoms with van der Waals surface area (Å²) in [5.74, 6) is -0.628. The van der Waals surface area contributed by atoms with E-state index in [4.69, 9.17) is 0 Å². The molecule has 1 aromatic carbocycles. The van der Waals surface area contributed by atoms with E-state index in [1.807, 2.05) is 0 Å². The van der Waals surface area contributed by atoms with Crippen molar-refractivity contribution in [2.45, 2.75) is 6.18 Å². The van der Waals surface area contributed by atoms with Crippen molar-refractivity contribution >= 4 is 11.7 Å². The predicted octanol–water partition coefficient (Wildman–Crippen LogP) is 2.29. The number of nitrogens with one attached hydrogen (secondary N) is 1. The van der Waals surface area contributed by atoms with Gasteiger partial charge in [0.15, 0.2) is 0 Å². The number of anilines is 1. The van der Waals surface area contributed by atoms with Crippen molar-refractivity contribution in [2.75, 3.05) is 19.0 Å². The summed E-state index contributed by atoms with van der Waals surface area (Å²) >= 11 is 0. The molecule has 0 radical (unpaired) electrons. The molecule has 1 aromatic rings. The SMILES string of the molecule is COC(=O)CNc1ccccc1C(F)(F)F. The lowest BCUT2D eigenvalue weighted by Gasteiger charge is -2.13. The van der Waals surface area contributed by atoms with Crippen LogP contribution in [0.3, 0.4) is 0 Å². The number of rotatable bonds is 3. The molecule has 0 aliphatic rings. The highest BCUT2D eigenvalue weighted by Crippen LogP contribution is 2.34. The minimum absolute atomic E-state index is 0.139. The summed E-state index contributed by atoms with van der Waals surface area (Å²) in [6.07, 6.45) is -4.44. The number of carbonyl (C=O) groups excluding carboxylic acids is 1. The van der Waals surface area contributed by atoms with Crippen molar-refractivity contribution in [1.29, 1.82) is 0 Å². The maximum atomic E-state index is 12.5. The summed E-state index contributed by atoms with van der Waals surface area (Å²) in [6.45, 7) is -0.302. The van der Waals surface area contributed by atoms with Gasteiger partial charge in [0, 0.05) is 5.69 Å². The van der Waals surface area contributed by atoms with Gasteiger partial charge in [0.05, 0.1) is 12.7 Å². The third-order valence-electron chi connectivity index (χ3n) is 1.88. The topological polar surface area (TPSA) is 38.3 Å². The Balaban J connectivity index is 2.84. The van der Waals surface area contributed by atoms with Crippen molar-refractivity contribution < 1.29 is 22.7 Å². The summed E-state index contributed by atoms with van der Waals surface area (Å²) in [6, 6.07) is 4.94. The minimum atomic E-state index is -4.44. The first-order chi connectivity index (χ1) is 7.45. The van der Waals surface area contributed by atoms with E-state index in [9.17, 15) is 18.0 Å². The molecule has 0 heterocycles. The second kappa shape index (κ2) is 4.87. The fourth-order valence-electron chi connectivity index (χ4n) is 1.12. The Hall–Kier alpha value is -1.72. The highest BCUT2D eigenvalue weighted by molar-refractivity contribution is 5.75. The number of para-hydroxylation sites is 1. The molecule has 0 spiro atoms. The Kier molecular flexibility index (Phi) is 3.76. The molecule has 1 N–H and O–H groups in total. The van der Waals surface area contributed by atoms with Crippen LogP contribution in [0.4, 0.5) is 18.9 Å². The smallest absolute Gasteiger partial charge is 0.418 e. The summed E-state index contributed by atoms with van der Waals surface area (Å²) in [7, 11) is 1.17. The first kappa shape index (κ1) is 12.4. The number of ether oxygens (including phenoxy) is 1. The second-order valence-corrected chi connectivity index (χ2v) is 2.97. The van der Waals surface area contributed by atoms with Crippen LogP contribution in [0.1, 0.15) is 5.56 Å². The first-order valence-corrected chi connectivity index (χ1v) is 4.42. The van der Waals surface area contributed by atoms with Gasteiger partial charge in [-0.1, -0.05) is 12.1 Å². The third kappa shape index (κ3) is 3.15. The van der Waals surface area contributed by atoms with E-state index in [-0.39, 0.29) is 12.2 Å². The van der Waals surface area contributed by atoms with Crippen LogP contribution >= 0.6 is 0 Å². The molecule has 0 aliphatic carbocycles.